The molecule has 0 saturated heterocycles. The SMILES string of the molecule is Cc1cc(C)c(C)c(C)c1.Cc1ccc(C)c(C)c1.Cc1ccc(C)cc1.Cc1ccc2ccccc2c1.Cc1cccc(C)c1C.Cc1cccc2ccccc12.Cc1ccccc1C.Cc1ccccc1C.[2H]C([2H])([2H])c1cccc(C)c1C. The van der Waals surface area contributed by atoms with Crippen molar-refractivity contribution in [3.63, 3.8) is 0 Å². The lowest BCUT2D eigenvalue weighted by Crippen LogP contribution is -1.86. The van der Waals surface area contributed by atoms with Crippen molar-refractivity contribution < 1.29 is 4.11 Å². The average Bonchev–Trinajstić information content (AvgIpc) is 3.46. The van der Waals surface area contributed by atoms with E-state index in [1.54, 1.807) is 12.1 Å². The Bertz CT molecular complexity index is 3640. The van der Waals surface area contributed by atoms with Gasteiger partial charge in [0.1, 0.15) is 0 Å². The number of rotatable bonds is 0. The van der Waals surface area contributed by atoms with E-state index in [0.717, 1.165) is 11.1 Å². The Labute approximate surface area is 509 Å². The molecule has 0 radical (unpaired) electrons. The van der Waals surface area contributed by atoms with Gasteiger partial charge in [0.05, 0.1) is 0 Å². The molecule has 0 aliphatic carbocycles. The van der Waals surface area contributed by atoms with Crippen molar-refractivity contribution in [2.24, 2.45) is 0 Å². The highest BCUT2D eigenvalue weighted by molar-refractivity contribution is 5.85. The first kappa shape index (κ1) is 64.1. The normalized spacial score (nSPS) is 10.4. The third-order valence-electron chi connectivity index (χ3n) is 15.2. The predicted octanol–water partition coefficient (Wildman–Crippen LogP) is 24.0. The fourth-order valence-corrected chi connectivity index (χ4v) is 8.45. The van der Waals surface area contributed by atoms with Crippen molar-refractivity contribution in [1.29, 1.82) is 0 Å². The van der Waals surface area contributed by atoms with Crippen molar-refractivity contribution in [1.82, 2.24) is 0 Å². The zero-order valence-corrected chi connectivity index (χ0v) is 54.4. The number of benzene rings is 11. The molecule has 11 rings (SSSR count). The van der Waals surface area contributed by atoms with E-state index in [0.29, 0.717) is 5.56 Å². The largest absolute Gasteiger partial charge is 0.0620 e. The molecule has 0 heterocycles. The van der Waals surface area contributed by atoms with Gasteiger partial charge < -0.3 is 0 Å². The summed E-state index contributed by atoms with van der Waals surface area (Å²) in [5.41, 5.74) is 27.0. The molecule has 0 heteroatoms. The summed E-state index contributed by atoms with van der Waals surface area (Å²) >= 11 is 0. The Morgan fingerprint density at radius 3 is 0.904 bits per heavy atom. The van der Waals surface area contributed by atoms with Gasteiger partial charge in [0, 0.05) is 4.11 Å². The lowest BCUT2D eigenvalue weighted by molar-refractivity contribution is 1.23. The van der Waals surface area contributed by atoms with Crippen LogP contribution in [0, 0.1) is 145 Å². The first-order valence-electron chi connectivity index (χ1n) is 30.7. The molecule has 0 aromatic heterocycles. The molecule has 0 nitrogen and oxygen atoms in total. The Hall–Kier alpha value is -8.06. The Morgan fingerprint density at radius 1 is 0.181 bits per heavy atom. The fraction of sp³-hybridized carbons (Fsp3) is 0.253. The predicted molar refractivity (Wildman–Crippen MR) is 372 cm³/mol. The molecule has 0 aliphatic heterocycles. The van der Waals surface area contributed by atoms with Gasteiger partial charge in [-0.2, -0.15) is 0 Å². The molecule has 0 atom stereocenters. The summed E-state index contributed by atoms with van der Waals surface area (Å²) in [7, 11) is 0. The van der Waals surface area contributed by atoms with Gasteiger partial charge in [0.25, 0.3) is 0 Å². The molecule has 83 heavy (non-hydrogen) atoms. The lowest BCUT2D eigenvalue weighted by Gasteiger charge is -2.04. The van der Waals surface area contributed by atoms with Gasteiger partial charge in [-0.1, -0.05) is 252 Å². The van der Waals surface area contributed by atoms with E-state index in [9.17, 15) is 0 Å². The highest BCUT2D eigenvalue weighted by atomic mass is 14.0. The maximum atomic E-state index is 7.24. The second-order valence-corrected chi connectivity index (χ2v) is 22.3. The molecule has 0 fully saturated rings. The van der Waals surface area contributed by atoms with E-state index in [1.807, 2.05) is 19.9 Å². The highest BCUT2D eigenvalue weighted by Crippen LogP contribution is 2.18. The molecule has 0 saturated carbocycles. The minimum atomic E-state index is -1.98. The molecule has 11 aromatic carbocycles. The minimum Gasteiger partial charge on any atom is -0.0620 e. The third-order valence-corrected chi connectivity index (χ3v) is 15.2. The fourth-order valence-electron chi connectivity index (χ4n) is 8.45. The van der Waals surface area contributed by atoms with Crippen LogP contribution in [-0.4, -0.2) is 0 Å². The van der Waals surface area contributed by atoms with E-state index in [-0.39, 0.29) is 0 Å². The summed E-state index contributed by atoms with van der Waals surface area (Å²) in [6, 6.07) is 77.6. The molecule has 432 valence electrons. The quantitative estimate of drug-likeness (QED) is 0.142. The van der Waals surface area contributed by atoms with Crippen LogP contribution in [-0.2, 0) is 0 Å². The number of hydrogen-bond acceptors (Lipinski definition) is 0. The van der Waals surface area contributed by atoms with Crippen molar-refractivity contribution in [3.8, 4) is 0 Å². The van der Waals surface area contributed by atoms with Crippen LogP contribution < -0.4 is 0 Å². The molecule has 0 N–H and O–H groups in total. The van der Waals surface area contributed by atoms with Crippen molar-refractivity contribution in [2.75, 3.05) is 0 Å². The van der Waals surface area contributed by atoms with Gasteiger partial charge in [0.2, 0.25) is 0 Å². The zero-order chi connectivity index (χ0) is 64.1. The van der Waals surface area contributed by atoms with E-state index in [4.69, 9.17) is 4.11 Å². The summed E-state index contributed by atoms with van der Waals surface area (Å²) in [4.78, 5) is 0. The topological polar surface area (TPSA) is 0 Å². The van der Waals surface area contributed by atoms with Crippen LogP contribution >= 0.6 is 0 Å². The molecule has 0 unspecified atom stereocenters. The molecule has 0 bridgehead atoms. The first-order valence-corrected chi connectivity index (χ1v) is 29.2. The minimum absolute atomic E-state index is 0.461. The van der Waals surface area contributed by atoms with Gasteiger partial charge in [-0.05, 0) is 256 Å². The van der Waals surface area contributed by atoms with Gasteiger partial charge in [-0.3, -0.25) is 0 Å². The summed E-state index contributed by atoms with van der Waals surface area (Å²) in [6.07, 6.45) is 0. The molecular weight excluding hydrogens is 997 g/mol. The molecule has 0 amide bonds. The Kier molecular flexibility index (Phi) is 28.1. The second-order valence-electron chi connectivity index (χ2n) is 22.3. The molecule has 0 aliphatic rings. The maximum absolute atomic E-state index is 7.24. The Morgan fingerprint density at radius 2 is 0.482 bits per heavy atom. The third kappa shape index (κ3) is 25.7. The van der Waals surface area contributed by atoms with Gasteiger partial charge in [-0.15, -0.1) is 0 Å². The van der Waals surface area contributed by atoms with Crippen LogP contribution in [0.25, 0.3) is 21.5 Å². The summed E-state index contributed by atoms with van der Waals surface area (Å²) in [6.45, 7) is 40.2. The van der Waals surface area contributed by atoms with Gasteiger partial charge in [0.15, 0.2) is 0 Å². The van der Waals surface area contributed by atoms with Crippen LogP contribution in [0.5, 0.6) is 0 Å². The van der Waals surface area contributed by atoms with Gasteiger partial charge in [-0.25, -0.2) is 0 Å². The average molecular weight is 1100 g/mol. The van der Waals surface area contributed by atoms with Crippen LogP contribution in [0.4, 0.5) is 0 Å². The Balaban J connectivity index is 0.000000254. The number of aryl methyl sites for hydroxylation is 18. The van der Waals surface area contributed by atoms with Crippen molar-refractivity contribution >= 4 is 21.5 Å². The van der Waals surface area contributed by atoms with E-state index in [1.165, 1.54) is 122 Å². The summed E-state index contributed by atoms with van der Waals surface area (Å²) < 4.78 is 21.7. The summed E-state index contributed by atoms with van der Waals surface area (Å²) in [5.74, 6) is 0. The molecule has 0 spiro atoms. The van der Waals surface area contributed by atoms with E-state index < -0.39 is 6.85 Å². The first-order chi connectivity index (χ1) is 40.6. The van der Waals surface area contributed by atoms with Crippen LogP contribution in [0.1, 0.15) is 121 Å². The highest BCUT2D eigenvalue weighted by Gasteiger charge is 1.98. The monoisotopic (exact) mass is 1100 g/mol. The second kappa shape index (κ2) is 36.4. The smallest absolute Gasteiger partial charge is 0.0280 e. The number of fused-ring (bicyclic) bond motifs is 2. The van der Waals surface area contributed by atoms with E-state index >= 15 is 0 Å². The summed E-state index contributed by atoms with van der Waals surface area (Å²) in [5, 5.41) is 5.33. The van der Waals surface area contributed by atoms with Crippen LogP contribution in [0.3, 0.4) is 0 Å². The standard InChI is InChI=1S/2C11H10.C10H14.3C9H12.3C8H10/c1-9-5-4-7-10-6-2-3-8-11(9)10;1-9-6-7-10-4-2-3-5-11(10)8-9;1-7-5-8(2)10(4)9(3)6-7;1-7-4-5-8(2)9(3)6-7;2*1-7-5-4-6-8(2)9(7)3;1-7-3-5-8(2)6-4-7;2*1-7-5-3-4-6-8(7)2/h2*2-8H,1H3;5-6H,1-4H3;3*4-6H,1-3H3;3*3-6H,1-2H3/i;;;;1D3;;;;. The van der Waals surface area contributed by atoms with Crippen LogP contribution in [0.15, 0.2) is 224 Å². The van der Waals surface area contributed by atoms with Crippen LogP contribution in [0.2, 0.25) is 0 Å². The van der Waals surface area contributed by atoms with Crippen molar-refractivity contribution in [2.45, 2.75) is 145 Å². The zero-order valence-electron chi connectivity index (χ0n) is 57.4. The molecule has 11 aromatic rings. The van der Waals surface area contributed by atoms with E-state index in [2.05, 4.69) is 331 Å². The maximum Gasteiger partial charge on any atom is 0.0280 e. The van der Waals surface area contributed by atoms with Crippen molar-refractivity contribution in [3.05, 3.63) is 341 Å². The van der Waals surface area contributed by atoms with Gasteiger partial charge >= 0.3 is 0 Å². The molecular formula is C83H100. The number of hydrogen-bond donors (Lipinski definition) is 0. The lowest BCUT2D eigenvalue weighted by atomic mass is 10.0.